The highest BCUT2D eigenvalue weighted by Gasteiger charge is 2.35. The Morgan fingerprint density at radius 3 is 2.70 bits per heavy atom. The van der Waals surface area contributed by atoms with E-state index in [1.807, 2.05) is 0 Å². The first-order chi connectivity index (χ1) is 14.1. The normalized spacial score (nSPS) is 13.9. The topological polar surface area (TPSA) is 75.9 Å². The van der Waals surface area contributed by atoms with Gasteiger partial charge in [-0.25, -0.2) is 14.4 Å². The number of hydrogen-bond donors (Lipinski definition) is 1. The minimum Gasteiger partial charge on any atom is -0.341 e. The van der Waals surface area contributed by atoms with Crippen molar-refractivity contribution in [1.29, 1.82) is 0 Å². The zero-order valence-corrected chi connectivity index (χ0v) is 16.1. The molecule has 0 fully saturated rings. The fraction of sp³-hybridized carbons (Fsp3) is 0.222. The lowest BCUT2D eigenvalue weighted by Crippen LogP contribution is -2.38. The number of carbonyl (C=O) groups excluding carboxylic acids is 1. The third-order valence-corrected chi connectivity index (χ3v) is 4.64. The number of alkyl halides is 3. The molecule has 0 atom stereocenters. The van der Waals surface area contributed by atoms with Gasteiger partial charge in [-0.3, -0.25) is 4.79 Å². The Bertz CT molecular complexity index is 1150. The maximum absolute atomic E-state index is 14.7. The summed E-state index contributed by atoms with van der Waals surface area (Å²) in [6.45, 7) is 0.0946. The number of nitrogens with zero attached hydrogens (tertiary/aromatic N) is 5. The molecule has 0 spiro atoms. The number of amides is 1. The molecule has 3 heterocycles. The Morgan fingerprint density at radius 2 is 2.03 bits per heavy atom. The van der Waals surface area contributed by atoms with Gasteiger partial charge in [0.2, 0.25) is 11.2 Å². The van der Waals surface area contributed by atoms with Crippen molar-refractivity contribution in [2.24, 2.45) is 7.05 Å². The molecule has 30 heavy (non-hydrogen) atoms. The number of carbonyl (C=O) groups is 1. The summed E-state index contributed by atoms with van der Waals surface area (Å²) in [7, 11) is 1.36. The van der Waals surface area contributed by atoms with Gasteiger partial charge in [0.25, 0.3) is 0 Å². The average molecular weight is 441 g/mol. The van der Waals surface area contributed by atoms with Gasteiger partial charge in [-0.15, -0.1) is 0 Å². The van der Waals surface area contributed by atoms with Crippen LogP contribution in [0.25, 0.3) is 11.4 Å². The maximum atomic E-state index is 14.7. The molecule has 0 saturated carbocycles. The fourth-order valence-corrected chi connectivity index (χ4v) is 3.29. The van der Waals surface area contributed by atoms with Crippen LogP contribution in [0, 0.1) is 5.82 Å². The van der Waals surface area contributed by atoms with Gasteiger partial charge in [-0.2, -0.15) is 18.2 Å². The highest BCUT2D eigenvalue weighted by molar-refractivity contribution is 6.28. The van der Waals surface area contributed by atoms with E-state index < -0.39 is 17.7 Å². The number of rotatable bonds is 3. The Morgan fingerprint density at radius 1 is 1.27 bits per heavy atom. The van der Waals surface area contributed by atoms with Gasteiger partial charge in [0.15, 0.2) is 11.5 Å². The minimum atomic E-state index is -4.63. The molecule has 3 aromatic rings. The van der Waals surface area contributed by atoms with Crippen molar-refractivity contribution in [1.82, 2.24) is 19.5 Å². The van der Waals surface area contributed by atoms with Gasteiger partial charge in [-0.05, 0) is 29.3 Å². The van der Waals surface area contributed by atoms with E-state index in [1.54, 1.807) is 11.0 Å². The van der Waals surface area contributed by atoms with Gasteiger partial charge in [0.1, 0.15) is 17.3 Å². The summed E-state index contributed by atoms with van der Waals surface area (Å²) in [6, 6.07) is 4.09. The number of fused-ring (bicyclic) bond motifs is 1. The monoisotopic (exact) mass is 440 g/mol. The van der Waals surface area contributed by atoms with Crippen molar-refractivity contribution < 1.29 is 22.4 Å². The molecule has 0 bridgehead atoms. The summed E-state index contributed by atoms with van der Waals surface area (Å²) < 4.78 is 54.5. The van der Waals surface area contributed by atoms with Crippen LogP contribution in [0.4, 0.5) is 29.1 Å². The van der Waals surface area contributed by atoms with Crippen LogP contribution >= 0.6 is 11.6 Å². The molecule has 0 unspecified atom stereocenters. The molecular formula is C18H13ClF4N6O. The Hall–Kier alpha value is -3.21. The van der Waals surface area contributed by atoms with Crippen molar-refractivity contribution in [3.05, 3.63) is 53.0 Å². The molecule has 7 nitrogen and oxygen atoms in total. The standard InChI is InChI=1S/C18H13ClF4N6O/c1-28-7-13(18(21,22)23)26-15(28)10-3-2-9(4-11(10)20)6-29-8-14(30)25-12-5-24-17(19)27-16(12)29/h2-5,7H,6,8H2,1H3,(H,25,30). The number of anilines is 2. The van der Waals surface area contributed by atoms with Crippen molar-refractivity contribution in [2.75, 3.05) is 16.8 Å². The second-order valence-electron chi connectivity index (χ2n) is 6.65. The number of aryl methyl sites for hydroxylation is 1. The summed E-state index contributed by atoms with van der Waals surface area (Å²) in [6.07, 6.45) is -2.45. The lowest BCUT2D eigenvalue weighted by molar-refractivity contribution is -0.140. The quantitative estimate of drug-likeness (QED) is 0.497. The molecular weight excluding hydrogens is 428 g/mol. The second-order valence-corrected chi connectivity index (χ2v) is 6.99. The van der Waals surface area contributed by atoms with Crippen LogP contribution in [-0.4, -0.2) is 32.0 Å². The van der Waals surface area contributed by atoms with Gasteiger partial charge in [-0.1, -0.05) is 6.07 Å². The Balaban J connectivity index is 1.63. The van der Waals surface area contributed by atoms with Crippen molar-refractivity contribution >= 4 is 29.0 Å². The molecule has 0 aliphatic carbocycles. The summed E-state index contributed by atoms with van der Waals surface area (Å²) in [5, 5.41) is 2.62. The molecule has 0 radical (unpaired) electrons. The van der Waals surface area contributed by atoms with Crippen LogP contribution in [0.3, 0.4) is 0 Å². The SMILES string of the molecule is Cn1cc(C(F)(F)F)nc1-c1ccc(CN2CC(=O)Nc3cnc(Cl)nc32)cc1F. The van der Waals surface area contributed by atoms with Crippen LogP contribution in [0.1, 0.15) is 11.3 Å². The Labute approximate surface area is 172 Å². The van der Waals surface area contributed by atoms with Gasteiger partial charge in [0.05, 0.1) is 18.3 Å². The number of hydrogen-bond acceptors (Lipinski definition) is 5. The average Bonchev–Trinajstić information content (AvgIpc) is 3.04. The molecule has 1 amide bonds. The first kappa shape index (κ1) is 20.1. The van der Waals surface area contributed by atoms with Crippen molar-refractivity contribution in [3.8, 4) is 11.4 Å². The van der Waals surface area contributed by atoms with E-state index in [1.165, 1.54) is 25.4 Å². The van der Waals surface area contributed by atoms with E-state index in [4.69, 9.17) is 11.6 Å². The summed E-state index contributed by atoms with van der Waals surface area (Å²) in [5.74, 6) is -0.790. The molecule has 156 valence electrons. The van der Waals surface area contributed by atoms with E-state index in [-0.39, 0.29) is 35.7 Å². The van der Waals surface area contributed by atoms with Crippen LogP contribution in [0.5, 0.6) is 0 Å². The predicted molar refractivity (Wildman–Crippen MR) is 100 cm³/mol. The molecule has 1 aliphatic heterocycles. The number of halogens is 5. The minimum absolute atomic E-state index is 0.00771. The van der Waals surface area contributed by atoms with E-state index in [0.29, 0.717) is 17.1 Å². The van der Waals surface area contributed by atoms with Crippen LogP contribution < -0.4 is 10.2 Å². The van der Waals surface area contributed by atoms with E-state index in [2.05, 4.69) is 20.3 Å². The van der Waals surface area contributed by atoms with Crippen LogP contribution in [0.15, 0.2) is 30.6 Å². The summed E-state index contributed by atoms with van der Waals surface area (Å²) in [5.41, 5.74) is -0.313. The number of nitrogens with one attached hydrogen (secondary N) is 1. The van der Waals surface area contributed by atoms with E-state index >= 15 is 0 Å². The zero-order chi connectivity index (χ0) is 21.6. The van der Waals surface area contributed by atoms with Crippen LogP contribution in [-0.2, 0) is 24.6 Å². The van der Waals surface area contributed by atoms with Crippen molar-refractivity contribution in [3.63, 3.8) is 0 Å². The summed E-state index contributed by atoms with van der Waals surface area (Å²) >= 11 is 5.83. The molecule has 4 rings (SSSR count). The van der Waals surface area contributed by atoms with Gasteiger partial charge >= 0.3 is 6.18 Å². The molecule has 1 N–H and O–H groups in total. The molecule has 0 saturated heterocycles. The van der Waals surface area contributed by atoms with E-state index in [9.17, 15) is 22.4 Å². The smallest absolute Gasteiger partial charge is 0.341 e. The first-order valence-corrected chi connectivity index (χ1v) is 8.96. The largest absolute Gasteiger partial charge is 0.434 e. The molecule has 12 heteroatoms. The third kappa shape index (κ3) is 3.80. The van der Waals surface area contributed by atoms with Gasteiger partial charge in [0, 0.05) is 19.8 Å². The Kier molecular flexibility index (Phi) is 4.85. The summed E-state index contributed by atoms with van der Waals surface area (Å²) in [4.78, 5) is 24.9. The lowest BCUT2D eigenvalue weighted by atomic mass is 10.1. The van der Waals surface area contributed by atoms with Gasteiger partial charge < -0.3 is 14.8 Å². The number of aromatic nitrogens is 4. The molecule has 1 aliphatic rings. The molecule has 1 aromatic carbocycles. The first-order valence-electron chi connectivity index (χ1n) is 8.58. The number of imidazole rings is 1. The van der Waals surface area contributed by atoms with Crippen LogP contribution in [0.2, 0.25) is 5.28 Å². The third-order valence-electron chi connectivity index (χ3n) is 4.46. The lowest BCUT2D eigenvalue weighted by Gasteiger charge is -2.29. The predicted octanol–water partition coefficient (Wildman–Crippen LogP) is 3.65. The maximum Gasteiger partial charge on any atom is 0.434 e. The van der Waals surface area contributed by atoms with Crippen molar-refractivity contribution in [2.45, 2.75) is 12.7 Å². The highest BCUT2D eigenvalue weighted by Crippen LogP contribution is 2.32. The molecule has 2 aromatic heterocycles. The van der Waals surface area contributed by atoms with E-state index in [0.717, 1.165) is 10.8 Å². The fourth-order valence-electron chi connectivity index (χ4n) is 3.16. The number of benzene rings is 1. The zero-order valence-electron chi connectivity index (χ0n) is 15.3. The highest BCUT2D eigenvalue weighted by atomic mass is 35.5. The second kappa shape index (κ2) is 7.24.